The van der Waals surface area contributed by atoms with Gasteiger partial charge in [-0.3, -0.25) is 4.79 Å². The van der Waals surface area contributed by atoms with Crippen molar-refractivity contribution in [1.82, 2.24) is 0 Å². The molecule has 0 aliphatic heterocycles. The van der Waals surface area contributed by atoms with Gasteiger partial charge in [0.1, 0.15) is 0 Å². The Hall–Kier alpha value is -1.86. The SMILES string of the molecule is CCCC(CN)C(=O)N(C)c1ccc(C#N)cc1. The highest BCUT2D eigenvalue weighted by atomic mass is 16.2. The first-order chi connectivity index (χ1) is 8.63. The van der Waals surface area contributed by atoms with Crippen LogP contribution in [0.1, 0.15) is 25.3 Å². The van der Waals surface area contributed by atoms with E-state index in [4.69, 9.17) is 11.0 Å². The fourth-order valence-electron chi connectivity index (χ4n) is 1.85. The third-order valence-electron chi connectivity index (χ3n) is 2.99. The minimum Gasteiger partial charge on any atom is -0.330 e. The van der Waals surface area contributed by atoms with Crippen LogP contribution in [-0.4, -0.2) is 19.5 Å². The molecule has 1 rings (SSSR count). The Balaban J connectivity index is 2.81. The highest BCUT2D eigenvalue weighted by Crippen LogP contribution is 2.17. The monoisotopic (exact) mass is 245 g/mol. The molecule has 0 fully saturated rings. The van der Waals surface area contributed by atoms with Crippen molar-refractivity contribution in [2.75, 3.05) is 18.5 Å². The fraction of sp³-hybridized carbons (Fsp3) is 0.429. The van der Waals surface area contributed by atoms with E-state index in [9.17, 15) is 4.79 Å². The van der Waals surface area contributed by atoms with E-state index in [0.717, 1.165) is 18.5 Å². The smallest absolute Gasteiger partial charge is 0.231 e. The molecule has 0 bridgehead atoms. The zero-order valence-corrected chi connectivity index (χ0v) is 10.9. The second-order valence-electron chi connectivity index (χ2n) is 4.28. The molecule has 1 atom stereocenters. The third kappa shape index (κ3) is 3.31. The maximum Gasteiger partial charge on any atom is 0.231 e. The Morgan fingerprint density at radius 2 is 2.06 bits per heavy atom. The number of carbonyl (C=O) groups excluding carboxylic acids is 1. The van der Waals surface area contributed by atoms with Gasteiger partial charge in [0.05, 0.1) is 17.6 Å². The molecule has 0 aliphatic carbocycles. The van der Waals surface area contributed by atoms with E-state index < -0.39 is 0 Å². The summed E-state index contributed by atoms with van der Waals surface area (Å²) in [7, 11) is 1.74. The molecule has 4 heteroatoms. The molecule has 18 heavy (non-hydrogen) atoms. The molecule has 96 valence electrons. The molecule has 2 N–H and O–H groups in total. The van der Waals surface area contributed by atoms with E-state index in [1.54, 1.807) is 36.2 Å². The molecule has 1 unspecified atom stereocenters. The van der Waals surface area contributed by atoms with Gasteiger partial charge < -0.3 is 10.6 Å². The Bertz CT molecular complexity index is 433. The van der Waals surface area contributed by atoms with Crippen molar-refractivity contribution in [3.05, 3.63) is 29.8 Å². The predicted octanol–water partition coefficient (Wildman–Crippen LogP) is 1.90. The number of benzene rings is 1. The number of hydrogen-bond acceptors (Lipinski definition) is 3. The van der Waals surface area contributed by atoms with Crippen LogP contribution in [0.4, 0.5) is 5.69 Å². The zero-order chi connectivity index (χ0) is 13.5. The molecule has 0 saturated heterocycles. The largest absolute Gasteiger partial charge is 0.330 e. The molecular weight excluding hydrogens is 226 g/mol. The van der Waals surface area contributed by atoms with Gasteiger partial charge in [-0.15, -0.1) is 0 Å². The minimum atomic E-state index is -0.129. The van der Waals surface area contributed by atoms with Crippen molar-refractivity contribution < 1.29 is 4.79 Å². The number of amides is 1. The van der Waals surface area contributed by atoms with Gasteiger partial charge in [0.2, 0.25) is 5.91 Å². The van der Waals surface area contributed by atoms with Crippen LogP contribution in [0.3, 0.4) is 0 Å². The van der Waals surface area contributed by atoms with Crippen LogP contribution < -0.4 is 10.6 Å². The van der Waals surface area contributed by atoms with Crippen LogP contribution >= 0.6 is 0 Å². The third-order valence-corrected chi connectivity index (χ3v) is 2.99. The highest BCUT2D eigenvalue weighted by Gasteiger charge is 2.20. The van der Waals surface area contributed by atoms with E-state index >= 15 is 0 Å². The number of anilines is 1. The minimum absolute atomic E-state index is 0.0315. The molecule has 0 radical (unpaired) electrons. The second kappa shape index (κ2) is 6.77. The van der Waals surface area contributed by atoms with E-state index in [1.165, 1.54) is 0 Å². The van der Waals surface area contributed by atoms with Gasteiger partial charge in [-0.1, -0.05) is 13.3 Å². The van der Waals surface area contributed by atoms with Gasteiger partial charge in [0, 0.05) is 19.3 Å². The van der Waals surface area contributed by atoms with Crippen LogP contribution in [0.15, 0.2) is 24.3 Å². The topological polar surface area (TPSA) is 70.1 Å². The second-order valence-corrected chi connectivity index (χ2v) is 4.28. The van der Waals surface area contributed by atoms with Crippen LogP contribution in [0.2, 0.25) is 0 Å². The molecular formula is C14H19N3O. The van der Waals surface area contributed by atoms with Crippen molar-refractivity contribution in [2.45, 2.75) is 19.8 Å². The summed E-state index contributed by atoms with van der Waals surface area (Å²) >= 11 is 0. The average Bonchev–Trinajstić information content (AvgIpc) is 2.43. The highest BCUT2D eigenvalue weighted by molar-refractivity contribution is 5.94. The maximum absolute atomic E-state index is 12.2. The molecule has 0 heterocycles. The summed E-state index contributed by atoms with van der Waals surface area (Å²) in [6.45, 7) is 2.41. The summed E-state index contributed by atoms with van der Waals surface area (Å²) in [6, 6.07) is 9.01. The normalized spacial score (nSPS) is 11.7. The Labute approximate surface area is 108 Å². The first-order valence-electron chi connectivity index (χ1n) is 6.11. The lowest BCUT2D eigenvalue weighted by atomic mass is 10.0. The number of rotatable bonds is 5. The van der Waals surface area contributed by atoms with E-state index in [1.807, 2.05) is 6.92 Å². The Morgan fingerprint density at radius 3 is 2.50 bits per heavy atom. The van der Waals surface area contributed by atoms with Crippen molar-refractivity contribution in [1.29, 1.82) is 5.26 Å². The standard InChI is InChI=1S/C14H19N3O/c1-3-4-12(10-16)14(18)17(2)13-7-5-11(9-15)6-8-13/h5-8,12H,3-4,10,16H2,1-2H3. The van der Waals surface area contributed by atoms with Crippen LogP contribution in [0.5, 0.6) is 0 Å². The lowest BCUT2D eigenvalue weighted by Crippen LogP contribution is -2.36. The van der Waals surface area contributed by atoms with Crippen LogP contribution in [0.25, 0.3) is 0 Å². The summed E-state index contributed by atoms with van der Waals surface area (Å²) in [5.41, 5.74) is 7.00. The quantitative estimate of drug-likeness (QED) is 0.861. The van der Waals surface area contributed by atoms with Gasteiger partial charge in [0.25, 0.3) is 0 Å². The molecule has 0 aliphatic rings. The van der Waals surface area contributed by atoms with E-state index in [-0.39, 0.29) is 11.8 Å². The number of nitrogens with zero attached hydrogens (tertiary/aromatic N) is 2. The molecule has 0 aromatic heterocycles. The van der Waals surface area contributed by atoms with E-state index in [2.05, 4.69) is 6.07 Å². The number of hydrogen-bond donors (Lipinski definition) is 1. The fourth-order valence-corrected chi connectivity index (χ4v) is 1.85. The van der Waals surface area contributed by atoms with E-state index in [0.29, 0.717) is 12.1 Å². The average molecular weight is 245 g/mol. The number of nitriles is 1. The van der Waals surface area contributed by atoms with Gasteiger partial charge in [-0.2, -0.15) is 5.26 Å². The zero-order valence-electron chi connectivity index (χ0n) is 10.9. The summed E-state index contributed by atoms with van der Waals surface area (Å²) in [6.07, 6.45) is 1.74. The van der Waals surface area contributed by atoms with Crippen molar-refractivity contribution in [3.8, 4) is 6.07 Å². The summed E-state index contributed by atoms with van der Waals surface area (Å²) < 4.78 is 0. The maximum atomic E-state index is 12.2. The lowest BCUT2D eigenvalue weighted by Gasteiger charge is -2.22. The number of carbonyl (C=O) groups is 1. The molecule has 1 aromatic rings. The predicted molar refractivity (Wildman–Crippen MR) is 72.0 cm³/mol. The first kappa shape index (κ1) is 14.2. The summed E-state index contributed by atoms with van der Waals surface area (Å²) in [5, 5.41) is 8.73. The van der Waals surface area contributed by atoms with Crippen LogP contribution in [0, 0.1) is 17.2 Å². The van der Waals surface area contributed by atoms with Gasteiger partial charge in [-0.05, 0) is 30.7 Å². The molecule has 0 spiro atoms. The number of nitrogens with two attached hydrogens (primary N) is 1. The molecule has 1 aromatic carbocycles. The van der Waals surface area contributed by atoms with Crippen molar-refractivity contribution >= 4 is 11.6 Å². The first-order valence-corrected chi connectivity index (χ1v) is 6.11. The van der Waals surface area contributed by atoms with Gasteiger partial charge >= 0.3 is 0 Å². The van der Waals surface area contributed by atoms with Gasteiger partial charge in [0.15, 0.2) is 0 Å². The summed E-state index contributed by atoms with van der Waals surface area (Å²) in [5.74, 6) is -0.0975. The molecule has 4 nitrogen and oxygen atoms in total. The van der Waals surface area contributed by atoms with Crippen LogP contribution in [-0.2, 0) is 4.79 Å². The molecule has 0 saturated carbocycles. The van der Waals surface area contributed by atoms with Crippen molar-refractivity contribution in [3.63, 3.8) is 0 Å². The summed E-state index contributed by atoms with van der Waals surface area (Å²) in [4.78, 5) is 13.8. The van der Waals surface area contributed by atoms with Crippen molar-refractivity contribution in [2.24, 2.45) is 11.7 Å². The van der Waals surface area contributed by atoms with Gasteiger partial charge in [-0.25, -0.2) is 0 Å². The molecule has 1 amide bonds. The Morgan fingerprint density at radius 1 is 1.44 bits per heavy atom. The Kier molecular flexibility index (Phi) is 5.34. The lowest BCUT2D eigenvalue weighted by molar-refractivity contribution is -0.122.